The van der Waals surface area contributed by atoms with Crippen molar-refractivity contribution in [2.75, 3.05) is 29.5 Å². The zero-order chi connectivity index (χ0) is 29.1. The molecule has 8 nitrogen and oxygen atoms in total. The van der Waals surface area contributed by atoms with Gasteiger partial charge in [-0.2, -0.15) is 0 Å². The maximum Gasteiger partial charge on any atom is 0.253 e. The molecule has 0 aromatic heterocycles. The van der Waals surface area contributed by atoms with Crippen molar-refractivity contribution in [2.45, 2.75) is 50.5 Å². The molecule has 3 amide bonds. The maximum absolute atomic E-state index is 14.7. The van der Waals surface area contributed by atoms with Crippen molar-refractivity contribution in [1.29, 1.82) is 0 Å². The summed E-state index contributed by atoms with van der Waals surface area (Å²) < 4.78 is 6.89. The Bertz CT molecular complexity index is 1440. The lowest BCUT2D eigenvalue weighted by atomic mass is 9.74. The normalized spacial score (nSPS) is 31.6. The fourth-order valence-electron chi connectivity index (χ4n) is 7.27. The van der Waals surface area contributed by atoms with Crippen LogP contribution in [-0.4, -0.2) is 70.7 Å². The van der Waals surface area contributed by atoms with E-state index < -0.39 is 35.1 Å². The first-order valence-corrected chi connectivity index (χ1v) is 14.5. The minimum absolute atomic E-state index is 0.219. The minimum atomic E-state index is -1.42. The van der Waals surface area contributed by atoms with Gasteiger partial charge in [-0.1, -0.05) is 73.2 Å². The molecule has 6 atom stereocenters. The molecule has 214 valence electrons. The van der Waals surface area contributed by atoms with Crippen molar-refractivity contribution in [3.63, 3.8) is 0 Å². The van der Waals surface area contributed by atoms with Crippen LogP contribution >= 0.6 is 11.6 Å². The highest BCUT2D eigenvalue weighted by molar-refractivity contribution is 6.34. The fourth-order valence-corrected chi connectivity index (χ4v) is 7.60. The number of rotatable bonds is 5. The van der Waals surface area contributed by atoms with Crippen LogP contribution in [0.5, 0.6) is 0 Å². The molecule has 0 aliphatic carbocycles. The van der Waals surface area contributed by atoms with E-state index in [1.54, 1.807) is 15.9 Å². The van der Waals surface area contributed by atoms with E-state index in [9.17, 15) is 19.5 Å². The summed E-state index contributed by atoms with van der Waals surface area (Å²) >= 11 is 6.62. The van der Waals surface area contributed by atoms with Crippen LogP contribution in [0.1, 0.15) is 25.8 Å². The van der Waals surface area contributed by atoms with Gasteiger partial charge in [0, 0.05) is 18.8 Å². The lowest BCUT2D eigenvalue weighted by Gasteiger charge is -2.40. The molecule has 1 N–H and O–H groups in total. The number of benzene rings is 2. The first-order chi connectivity index (χ1) is 19.7. The summed E-state index contributed by atoms with van der Waals surface area (Å²) in [6, 6.07) is 13.1. The van der Waals surface area contributed by atoms with E-state index in [-0.39, 0.29) is 30.9 Å². The zero-order valence-corrected chi connectivity index (χ0v) is 24.1. The smallest absolute Gasteiger partial charge is 0.253 e. The third-order valence-electron chi connectivity index (χ3n) is 9.10. The number of hydrogen-bond donors (Lipinski definition) is 1. The number of carbonyl (C=O) groups is 3. The SMILES string of the molecule is CC[C@@H](CO)N1C(=O)[C@@H]2[C@@H]3C(=O)N(c4ccccc4)CC=C[C@]3(C)O[C@@]23C=CCN(c2c(C)cccc2Cl)C(=O)C13. The second-order valence-electron chi connectivity index (χ2n) is 11.4. The monoisotopic (exact) mass is 575 g/mol. The van der Waals surface area contributed by atoms with E-state index in [2.05, 4.69) is 0 Å². The Morgan fingerprint density at radius 1 is 0.951 bits per heavy atom. The molecule has 9 heteroatoms. The Kier molecular flexibility index (Phi) is 6.83. The zero-order valence-electron chi connectivity index (χ0n) is 23.4. The number of carbonyl (C=O) groups excluding carboxylic acids is 3. The number of ether oxygens (including phenoxy) is 1. The van der Waals surface area contributed by atoms with E-state index in [1.165, 1.54) is 4.90 Å². The average Bonchev–Trinajstić information content (AvgIpc) is 3.23. The fraction of sp³-hybridized carbons (Fsp3) is 0.406. The number of nitrogens with zero attached hydrogens (tertiary/aromatic N) is 3. The summed E-state index contributed by atoms with van der Waals surface area (Å²) in [7, 11) is 0. The molecule has 4 aliphatic heterocycles. The number of amides is 3. The van der Waals surface area contributed by atoms with Crippen molar-refractivity contribution in [1.82, 2.24) is 4.90 Å². The number of para-hydroxylation sites is 2. The van der Waals surface area contributed by atoms with Gasteiger partial charge in [-0.05, 0) is 44.0 Å². The number of aryl methyl sites for hydroxylation is 1. The van der Waals surface area contributed by atoms with Crippen LogP contribution in [-0.2, 0) is 19.1 Å². The van der Waals surface area contributed by atoms with E-state index in [1.807, 2.05) is 87.5 Å². The lowest BCUT2D eigenvalue weighted by Crippen LogP contribution is -2.59. The number of hydrogen-bond acceptors (Lipinski definition) is 5. The standard InChI is InChI=1S/C32H34ClN3O5/c1-4-21(19-37)36-27-30(40)35(26-20(2)11-8-14-23(26)33)18-10-16-32(27)25(29(36)39)24-28(38)34(22-12-6-5-7-13-22)17-9-15-31(24,3)41-32/h5-16,21,24-25,27,37H,4,17-19H2,1-3H3/t21-,24+,25-,27?,31-,32-/m0/s1. The van der Waals surface area contributed by atoms with Crippen molar-refractivity contribution < 1.29 is 24.2 Å². The Morgan fingerprint density at radius 2 is 1.66 bits per heavy atom. The highest BCUT2D eigenvalue weighted by Gasteiger charge is 2.75. The summed E-state index contributed by atoms with van der Waals surface area (Å²) in [6.07, 6.45) is 7.83. The summed E-state index contributed by atoms with van der Waals surface area (Å²) in [4.78, 5) is 48.4. The predicted molar refractivity (Wildman–Crippen MR) is 157 cm³/mol. The molecule has 41 heavy (non-hydrogen) atoms. The molecular formula is C32H34ClN3O5. The molecule has 6 rings (SSSR count). The highest BCUT2D eigenvalue weighted by Crippen LogP contribution is 2.58. The Morgan fingerprint density at radius 3 is 2.34 bits per heavy atom. The topological polar surface area (TPSA) is 90.4 Å². The molecule has 0 saturated carbocycles. The Hall–Kier alpha value is -3.46. The van der Waals surface area contributed by atoms with Gasteiger partial charge in [0.2, 0.25) is 11.8 Å². The van der Waals surface area contributed by atoms with E-state index in [4.69, 9.17) is 16.3 Å². The van der Waals surface area contributed by atoms with Crippen LogP contribution < -0.4 is 9.80 Å². The highest BCUT2D eigenvalue weighted by atomic mass is 35.5. The molecule has 1 unspecified atom stereocenters. The maximum atomic E-state index is 14.7. The molecule has 2 aromatic rings. The summed E-state index contributed by atoms with van der Waals surface area (Å²) in [5.41, 5.74) is -0.441. The van der Waals surface area contributed by atoms with Gasteiger partial charge in [0.15, 0.2) is 0 Å². The third kappa shape index (κ3) is 3.99. The molecule has 2 fully saturated rings. The molecule has 4 aliphatic rings. The number of halogens is 1. The van der Waals surface area contributed by atoms with Crippen LogP contribution in [0.4, 0.5) is 11.4 Å². The van der Waals surface area contributed by atoms with Gasteiger partial charge in [-0.25, -0.2) is 0 Å². The predicted octanol–water partition coefficient (Wildman–Crippen LogP) is 3.90. The van der Waals surface area contributed by atoms with E-state index >= 15 is 0 Å². The van der Waals surface area contributed by atoms with Crippen molar-refractivity contribution >= 4 is 40.7 Å². The largest absolute Gasteiger partial charge is 0.394 e. The number of aliphatic hydroxyl groups excluding tert-OH is 1. The molecule has 0 radical (unpaired) electrons. The molecule has 2 saturated heterocycles. The molecule has 0 bridgehead atoms. The van der Waals surface area contributed by atoms with Gasteiger partial charge in [0.1, 0.15) is 11.6 Å². The van der Waals surface area contributed by atoms with Crippen molar-refractivity contribution in [3.8, 4) is 0 Å². The van der Waals surface area contributed by atoms with Gasteiger partial charge >= 0.3 is 0 Å². The third-order valence-corrected chi connectivity index (χ3v) is 9.40. The van der Waals surface area contributed by atoms with Gasteiger partial charge in [-0.15, -0.1) is 0 Å². The summed E-state index contributed by atoms with van der Waals surface area (Å²) in [6.45, 7) is 5.80. The van der Waals surface area contributed by atoms with Crippen LogP contribution in [0.15, 0.2) is 72.8 Å². The molecule has 2 aromatic carbocycles. The molecular weight excluding hydrogens is 542 g/mol. The quantitative estimate of drug-likeness (QED) is 0.546. The van der Waals surface area contributed by atoms with Gasteiger partial charge in [-0.3, -0.25) is 14.4 Å². The van der Waals surface area contributed by atoms with Gasteiger partial charge in [0.25, 0.3) is 5.91 Å². The first-order valence-electron chi connectivity index (χ1n) is 14.1. The Labute approximate surface area is 244 Å². The van der Waals surface area contributed by atoms with Gasteiger partial charge < -0.3 is 24.5 Å². The summed E-state index contributed by atoms with van der Waals surface area (Å²) in [5, 5.41) is 10.8. The minimum Gasteiger partial charge on any atom is -0.394 e. The number of aliphatic hydroxyl groups is 1. The van der Waals surface area contributed by atoms with E-state index in [0.717, 1.165) is 11.3 Å². The van der Waals surface area contributed by atoms with Crippen molar-refractivity contribution in [3.05, 3.63) is 83.4 Å². The van der Waals surface area contributed by atoms with Crippen LogP contribution in [0.25, 0.3) is 0 Å². The number of anilines is 2. The summed E-state index contributed by atoms with van der Waals surface area (Å²) in [5.74, 6) is -2.81. The van der Waals surface area contributed by atoms with Crippen LogP contribution in [0.3, 0.4) is 0 Å². The van der Waals surface area contributed by atoms with Crippen LogP contribution in [0, 0.1) is 18.8 Å². The van der Waals surface area contributed by atoms with E-state index in [0.29, 0.717) is 23.7 Å². The van der Waals surface area contributed by atoms with Crippen LogP contribution in [0.2, 0.25) is 5.02 Å². The number of fused-ring (bicyclic) bond motifs is 2. The number of likely N-dealkylation sites (tertiary alicyclic amines) is 1. The van der Waals surface area contributed by atoms with Crippen molar-refractivity contribution in [2.24, 2.45) is 11.8 Å². The lowest BCUT2D eigenvalue weighted by molar-refractivity contribution is -0.148. The second kappa shape index (κ2) is 10.1. The Balaban J connectivity index is 1.52. The average molecular weight is 576 g/mol. The molecule has 4 heterocycles. The first kappa shape index (κ1) is 27.7. The van der Waals surface area contributed by atoms with Gasteiger partial charge in [0.05, 0.1) is 40.8 Å². The molecule has 1 spiro atoms. The second-order valence-corrected chi connectivity index (χ2v) is 11.8.